The van der Waals surface area contributed by atoms with Crippen LogP contribution in [0.15, 0.2) is 42.7 Å². The second-order valence-corrected chi connectivity index (χ2v) is 12.6. The quantitative estimate of drug-likeness (QED) is 0.312. The van der Waals surface area contributed by atoms with Gasteiger partial charge in [0.25, 0.3) is 5.91 Å². The number of nitrogens with one attached hydrogen (secondary N) is 1. The summed E-state index contributed by atoms with van der Waals surface area (Å²) in [6.45, 7) is 6.42. The minimum Gasteiger partial charge on any atom is -0.393 e. The van der Waals surface area contributed by atoms with Gasteiger partial charge in [0.2, 0.25) is 5.95 Å². The molecule has 2 aliphatic rings. The van der Waals surface area contributed by atoms with Gasteiger partial charge in [-0.2, -0.15) is 5.10 Å². The lowest BCUT2D eigenvalue weighted by Gasteiger charge is -2.33. The Labute approximate surface area is 253 Å². The summed E-state index contributed by atoms with van der Waals surface area (Å²) >= 11 is 0. The number of carbonyl (C=O) groups excluding carboxylic acids is 1. The molecule has 4 aromatic rings. The fraction of sp³-hybridized carbons (Fsp3) is 0.515. The van der Waals surface area contributed by atoms with Gasteiger partial charge in [-0.1, -0.05) is 6.07 Å². The van der Waals surface area contributed by atoms with Crippen LogP contribution in [0.4, 0.5) is 5.95 Å². The summed E-state index contributed by atoms with van der Waals surface area (Å²) in [6.07, 6.45) is 8.68. The summed E-state index contributed by atoms with van der Waals surface area (Å²) in [5.41, 5.74) is 6.42. The van der Waals surface area contributed by atoms with E-state index in [4.69, 9.17) is 4.98 Å². The molecular formula is C33H44N8O2. The maximum absolute atomic E-state index is 13.6. The lowest BCUT2D eigenvalue weighted by molar-refractivity contribution is 0.102. The van der Waals surface area contributed by atoms with E-state index in [0.717, 1.165) is 87.0 Å². The second kappa shape index (κ2) is 12.6. The number of likely N-dealkylation sites (tertiary alicyclic amines) is 1. The van der Waals surface area contributed by atoms with Crippen molar-refractivity contribution < 1.29 is 9.90 Å². The number of piperidine rings is 1. The molecule has 2 fully saturated rings. The van der Waals surface area contributed by atoms with Gasteiger partial charge in [0.15, 0.2) is 0 Å². The summed E-state index contributed by atoms with van der Waals surface area (Å²) in [5.74, 6) is 0.858. The number of hydrogen-bond donors (Lipinski definition) is 2. The predicted molar refractivity (Wildman–Crippen MR) is 169 cm³/mol. The first-order chi connectivity index (χ1) is 20.8. The number of rotatable bonds is 8. The van der Waals surface area contributed by atoms with E-state index in [1.165, 1.54) is 5.56 Å². The monoisotopic (exact) mass is 584 g/mol. The number of fused-ring (bicyclic) bond motifs is 1. The molecule has 1 aliphatic carbocycles. The van der Waals surface area contributed by atoms with Gasteiger partial charge in [0.1, 0.15) is 0 Å². The molecule has 228 valence electrons. The van der Waals surface area contributed by atoms with Gasteiger partial charge >= 0.3 is 0 Å². The van der Waals surface area contributed by atoms with Crippen LogP contribution in [0.3, 0.4) is 0 Å². The zero-order chi connectivity index (χ0) is 30.1. The van der Waals surface area contributed by atoms with Crippen LogP contribution in [0, 0.1) is 6.92 Å². The summed E-state index contributed by atoms with van der Waals surface area (Å²) in [5, 5.41) is 17.7. The van der Waals surface area contributed by atoms with Crippen molar-refractivity contribution in [2.24, 2.45) is 7.05 Å². The number of hydrogen-bond acceptors (Lipinski definition) is 7. The van der Waals surface area contributed by atoms with Gasteiger partial charge in [0, 0.05) is 49.2 Å². The van der Waals surface area contributed by atoms with Crippen LogP contribution in [0.2, 0.25) is 0 Å². The summed E-state index contributed by atoms with van der Waals surface area (Å²) < 4.78 is 4.03. The minimum atomic E-state index is -0.261. The normalized spacial score (nSPS) is 20.2. The molecule has 0 bridgehead atoms. The van der Waals surface area contributed by atoms with E-state index < -0.39 is 0 Å². The maximum atomic E-state index is 13.6. The second-order valence-electron chi connectivity index (χ2n) is 12.6. The SMILES string of the molecule is Cc1c(-c2cc(C(=O)Nc3nc4ccc(C5CCN(CCN(C)C)CC5)cc4n3[C@H]3CC[C@@H](O)CC3)ccn2)cnn1C. The fourth-order valence-electron chi connectivity index (χ4n) is 6.61. The zero-order valence-electron chi connectivity index (χ0n) is 25.8. The predicted octanol–water partition coefficient (Wildman–Crippen LogP) is 4.61. The fourth-order valence-corrected chi connectivity index (χ4v) is 6.61. The number of nitrogens with zero attached hydrogens (tertiary/aromatic N) is 7. The number of likely N-dealkylation sites (N-methyl/N-ethyl adjacent to an activating group) is 1. The third kappa shape index (κ3) is 6.37. The Balaban J connectivity index is 1.27. The highest BCUT2D eigenvalue weighted by Crippen LogP contribution is 2.37. The molecule has 10 nitrogen and oxygen atoms in total. The third-order valence-corrected chi connectivity index (χ3v) is 9.43. The number of aromatic nitrogens is 5. The number of amides is 1. The first-order valence-electron chi connectivity index (χ1n) is 15.6. The molecule has 6 rings (SSSR count). The number of benzene rings is 1. The van der Waals surface area contributed by atoms with Crippen molar-refractivity contribution in [3.05, 3.63) is 59.5 Å². The number of aryl methyl sites for hydroxylation is 1. The number of pyridine rings is 1. The molecule has 1 aromatic carbocycles. The van der Waals surface area contributed by atoms with E-state index in [9.17, 15) is 9.90 Å². The lowest BCUT2D eigenvalue weighted by Crippen LogP contribution is -2.37. The van der Waals surface area contributed by atoms with E-state index in [-0.39, 0.29) is 18.1 Å². The average molecular weight is 585 g/mol. The van der Waals surface area contributed by atoms with Crippen molar-refractivity contribution in [2.45, 2.75) is 63.5 Å². The average Bonchev–Trinajstić information content (AvgIpc) is 3.54. The Morgan fingerprint density at radius 2 is 1.84 bits per heavy atom. The summed E-state index contributed by atoms with van der Waals surface area (Å²) in [7, 11) is 6.16. The van der Waals surface area contributed by atoms with Crippen molar-refractivity contribution >= 4 is 22.9 Å². The molecule has 10 heteroatoms. The molecule has 3 aromatic heterocycles. The molecule has 1 saturated carbocycles. The molecule has 43 heavy (non-hydrogen) atoms. The topological polar surface area (TPSA) is 104 Å². The number of aliphatic hydroxyl groups is 1. The Kier molecular flexibility index (Phi) is 8.61. The van der Waals surface area contributed by atoms with E-state index >= 15 is 0 Å². The van der Waals surface area contributed by atoms with Gasteiger partial charge < -0.3 is 19.5 Å². The molecule has 4 heterocycles. The number of anilines is 1. The van der Waals surface area contributed by atoms with Crippen LogP contribution in [0.1, 0.15) is 72.1 Å². The van der Waals surface area contributed by atoms with Crippen LogP contribution in [0.25, 0.3) is 22.3 Å². The van der Waals surface area contributed by atoms with Crippen molar-refractivity contribution in [1.29, 1.82) is 0 Å². The molecule has 2 N–H and O–H groups in total. The van der Waals surface area contributed by atoms with Crippen molar-refractivity contribution in [3.63, 3.8) is 0 Å². The largest absolute Gasteiger partial charge is 0.393 e. The van der Waals surface area contributed by atoms with E-state index in [2.05, 4.69) is 62.1 Å². The van der Waals surface area contributed by atoms with Crippen molar-refractivity contribution in [3.8, 4) is 11.3 Å². The standard InChI is InChI=1S/C33H44N8O2/c1-22-28(21-35-39(22)4)30-19-25(11-14-34-30)32(43)37-33-36-29-10-5-24(23-12-15-40(16-13-23)18-17-38(2)3)20-31(29)41(33)26-6-8-27(42)9-7-26/h5,10-11,14,19-21,23,26-27,42H,6-9,12-13,15-18H2,1-4H3,(H,36,37,43)/t26-,27+. The molecule has 0 unspecified atom stereocenters. The highest BCUT2D eigenvalue weighted by Gasteiger charge is 2.27. The third-order valence-electron chi connectivity index (χ3n) is 9.43. The van der Waals surface area contributed by atoms with Gasteiger partial charge in [-0.25, -0.2) is 4.98 Å². The minimum absolute atomic E-state index is 0.165. The van der Waals surface area contributed by atoms with Crippen LogP contribution in [-0.4, -0.2) is 91.5 Å². The van der Waals surface area contributed by atoms with E-state index in [1.54, 1.807) is 23.1 Å². The first-order valence-corrected chi connectivity index (χ1v) is 15.6. The van der Waals surface area contributed by atoms with Crippen LogP contribution < -0.4 is 5.32 Å². The van der Waals surface area contributed by atoms with Crippen LogP contribution >= 0.6 is 0 Å². The first kappa shape index (κ1) is 29.5. The van der Waals surface area contributed by atoms with Crippen molar-refractivity contribution in [1.82, 2.24) is 34.1 Å². The molecule has 0 spiro atoms. The van der Waals surface area contributed by atoms with Gasteiger partial charge in [-0.3, -0.25) is 19.8 Å². The highest BCUT2D eigenvalue weighted by molar-refractivity contribution is 6.04. The molecule has 0 atom stereocenters. The summed E-state index contributed by atoms with van der Waals surface area (Å²) in [4.78, 5) is 27.9. The smallest absolute Gasteiger partial charge is 0.258 e. The number of imidazole rings is 1. The Hall–Kier alpha value is -3.60. The Bertz CT molecular complexity index is 1580. The van der Waals surface area contributed by atoms with E-state index in [1.807, 2.05) is 20.0 Å². The van der Waals surface area contributed by atoms with Crippen molar-refractivity contribution in [2.75, 3.05) is 45.6 Å². The molecule has 0 radical (unpaired) electrons. The Morgan fingerprint density at radius 1 is 1.07 bits per heavy atom. The number of aliphatic hydroxyl groups excluding tert-OH is 1. The Morgan fingerprint density at radius 3 is 2.53 bits per heavy atom. The van der Waals surface area contributed by atoms with Crippen LogP contribution in [0.5, 0.6) is 0 Å². The van der Waals surface area contributed by atoms with E-state index in [0.29, 0.717) is 23.1 Å². The number of carbonyl (C=O) groups is 1. The highest BCUT2D eigenvalue weighted by atomic mass is 16.3. The van der Waals surface area contributed by atoms with Gasteiger partial charge in [0.05, 0.1) is 29.0 Å². The molecular weight excluding hydrogens is 540 g/mol. The maximum Gasteiger partial charge on any atom is 0.258 e. The van der Waals surface area contributed by atoms with Gasteiger partial charge in [-0.15, -0.1) is 0 Å². The molecule has 1 amide bonds. The molecule has 1 aliphatic heterocycles. The summed E-state index contributed by atoms with van der Waals surface area (Å²) in [6, 6.07) is 10.4. The van der Waals surface area contributed by atoms with Crippen LogP contribution in [-0.2, 0) is 7.05 Å². The van der Waals surface area contributed by atoms with Gasteiger partial charge in [-0.05, 0) is 108 Å². The lowest BCUT2D eigenvalue weighted by atomic mass is 9.89. The zero-order valence-corrected chi connectivity index (χ0v) is 25.8. The molecule has 1 saturated heterocycles.